The number of allylic oxidation sites excluding steroid dienone is 12. The normalized spacial score (nSPS) is 21.8. The monoisotopic (exact) mass is 953 g/mol. The number of esters is 2. The highest BCUT2D eigenvalue weighted by molar-refractivity contribution is 7.47. The van der Waals surface area contributed by atoms with Crippen molar-refractivity contribution < 1.29 is 67.9 Å². The van der Waals surface area contributed by atoms with E-state index in [0.29, 0.717) is 32.1 Å². The fourth-order valence-electron chi connectivity index (χ4n) is 6.97. The van der Waals surface area contributed by atoms with Gasteiger partial charge in [0.25, 0.3) is 0 Å². The van der Waals surface area contributed by atoms with Crippen LogP contribution in [-0.4, -0.2) is 104 Å². The summed E-state index contributed by atoms with van der Waals surface area (Å²) in [6.07, 6.45) is 33.6. The Bertz CT molecular complexity index is 1490. The lowest BCUT2D eigenvalue weighted by molar-refractivity contribution is -0.220. The number of ketones is 1. The van der Waals surface area contributed by atoms with Crippen molar-refractivity contribution in [3.05, 3.63) is 72.9 Å². The van der Waals surface area contributed by atoms with Crippen molar-refractivity contribution in [1.29, 1.82) is 0 Å². The molecular formula is C51H85O14P. The maximum Gasteiger partial charge on any atom is 0.472 e. The van der Waals surface area contributed by atoms with Crippen LogP contribution in [0.15, 0.2) is 72.9 Å². The van der Waals surface area contributed by atoms with E-state index in [1.54, 1.807) is 12.2 Å². The highest BCUT2D eigenvalue weighted by Crippen LogP contribution is 2.47. The summed E-state index contributed by atoms with van der Waals surface area (Å²) in [5.41, 5.74) is 0. The predicted molar refractivity (Wildman–Crippen MR) is 258 cm³/mol. The Hall–Kier alpha value is -3.04. The van der Waals surface area contributed by atoms with Crippen LogP contribution >= 0.6 is 7.82 Å². The number of hydrogen-bond acceptors (Lipinski definition) is 13. The lowest BCUT2D eigenvalue weighted by Gasteiger charge is -2.41. The quantitative estimate of drug-likeness (QED) is 0.00840. The van der Waals surface area contributed by atoms with E-state index in [9.17, 15) is 49.4 Å². The molecule has 0 spiro atoms. The van der Waals surface area contributed by atoms with E-state index in [4.69, 9.17) is 18.5 Å². The number of rotatable bonds is 40. The second kappa shape index (κ2) is 39.9. The number of ether oxygens (including phenoxy) is 2. The summed E-state index contributed by atoms with van der Waals surface area (Å²) in [4.78, 5) is 47.5. The molecule has 1 saturated carbocycles. The third-order valence-electron chi connectivity index (χ3n) is 11.0. The summed E-state index contributed by atoms with van der Waals surface area (Å²) in [6, 6.07) is 0. The number of carbonyl (C=O) groups excluding carboxylic acids is 3. The molecule has 66 heavy (non-hydrogen) atoms. The molecule has 0 bridgehead atoms. The van der Waals surface area contributed by atoms with Crippen molar-refractivity contribution >= 4 is 25.5 Å². The number of hydrogen-bond donors (Lipinski definition) is 6. The minimum absolute atomic E-state index is 0.00933. The molecule has 0 aromatic rings. The molecular weight excluding hydrogens is 868 g/mol. The molecule has 0 amide bonds. The van der Waals surface area contributed by atoms with E-state index in [1.165, 1.54) is 51.4 Å². The van der Waals surface area contributed by atoms with E-state index in [-0.39, 0.29) is 18.6 Å². The van der Waals surface area contributed by atoms with Gasteiger partial charge < -0.3 is 39.9 Å². The van der Waals surface area contributed by atoms with Gasteiger partial charge in [-0.2, -0.15) is 0 Å². The minimum atomic E-state index is -5.16. The van der Waals surface area contributed by atoms with E-state index in [1.807, 2.05) is 36.5 Å². The van der Waals surface area contributed by atoms with Gasteiger partial charge in [-0.3, -0.25) is 23.4 Å². The van der Waals surface area contributed by atoms with Crippen LogP contribution in [0.5, 0.6) is 0 Å². The predicted octanol–water partition coefficient (Wildman–Crippen LogP) is 9.46. The SMILES string of the molecule is CCCCC/C=C\C/C=C\CCCCCCCCCCCC(=O)OC[C@H](COP(=O)(O)OC1[C@H](O)[C@H](O)C(O)[C@H](O)[C@H]1O)OC(=O)CCC/C=C\C/C=C\C/C=C\C=C\C(=O)CCCCC. The average Bonchev–Trinajstić information content (AvgIpc) is 3.29. The third kappa shape index (κ3) is 31.8. The Kier molecular flexibility index (Phi) is 36.9. The van der Waals surface area contributed by atoms with Crippen molar-refractivity contribution in [2.45, 2.75) is 217 Å². The molecule has 0 radical (unpaired) electrons. The minimum Gasteiger partial charge on any atom is -0.462 e. The molecule has 378 valence electrons. The summed E-state index contributed by atoms with van der Waals surface area (Å²) in [7, 11) is -5.16. The molecule has 1 rings (SSSR count). The molecule has 0 aliphatic heterocycles. The van der Waals surface area contributed by atoms with Gasteiger partial charge in [-0.05, 0) is 76.7 Å². The van der Waals surface area contributed by atoms with Crippen molar-refractivity contribution in [2.24, 2.45) is 0 Å². The number of unbranched alkanes of at least 4 members (excludes halogenated alkanes) is 15. The van der Waals surface area contributed by atoms with E-state index in [2.05, 4.69) is 38.2 Å². The van der Waals surface area contributed by atoms with Crippen LogP contribution in [0.4, 0.5) is 0 Å². The summed E-state index contributed by atoms with van der Waals surface area (Å²) in [6.45, 7) is 3.07. The highest BCUT2D eigenvalue weighted by atomic mass is 31.2. The Balaban J connectivity index is 2.48. The Labute approximate surface area is 395 Å². The molecule has 8 atom stereocenters. The van der Waals surface area contributed by atoms with E-state index in [0.717, 1.165) is 64.2 Å². The Morgan fingerprint density at radius 1 is 0.515 bits per heavy atom. The summed E-state index contributed by atoms with van der Waals surface area (Å²) < 4.78 is 33.5. The van der Waals surface area contributed by atoms with Crippen LogP contribution < -0.4 is 0 Å². The molecule has 0 heterocycles. The first kappa shape index (κ1) is 61.0. The van der Waals surface area contributed by atoms with Gasteiger partial charge in [0.15, 0.2) is 11.9 Å². The summed E-state index contributed by atoms with van der Waals surface area (Å²) >= 11 is 0. The van der Waals surface area contributed by atoms with Gasteiger partial charge in [-0.15, -0.1) is 0 Å². The third-order valence-corrected chi connectivity index (χ3v) is 12.0. The zero-order valence-electron chi connectivity index (χ0n) is 40.0. The fraction of sp³-hybridized carbons (Fsp3) is 0.706. The summed E-state index contributed by atoms with van der Waals surface area (Å²) in [5.74, 6) is -1.07. The maximum atomic E-state index is 12.8. The van der Waals surface area contributed by atoms with Crippen molar-refractivity contribution in [2.75, 3.05) is 13.2 Å². The number of phosphoric ester groups is 1. The van der Waals surface area contributed by atoms with E-state index >= 15 is 0 Å². The zero-order valence-corrected chi connectivity index (χ0v) is 40.9. The molecule has 6 N–H and O–H groups in total. The molecule has 15 heteroatoms. The first-order chi connectivity index (χ1) is 31.8. The number of phosphoric acid groups is 1. The van der Waals surface area contributed by atoms with Crippen molar-refractivity contribution in [3.63, 3.8) is 0 Å². The van der Waals surface area contributed by atoms with Gasteiger partial charge in [-0.1, -0.05) is 151 Å². The zero-order chi connectivity index (χ0) is 48.7. The van der Waals surface area contributed by atoms with Crippen LogP contribution in [0, 0.1) is 0 Å². The molecule has 0 aromatic carbocycles. The molecule has 1 fully saturated rings. The number of aliphatic hydroxyl groups excluding tert-OH is 5. The first-order valence-electron chi connectivity index (χ1n) is 24.7. The second-order valence-electron chi connectivity index (χ2n) is 17.0. The number of carbonyl (C=O) groups is 3. The molecule has 1 aliphatic carbocycles. The average molecular weight is 953 g/mol. The lowest BCUT2D eigenvalue weighted by atomic mass is 9.85. The van der Waals surface area contributed by atoms with Gasteiger partial charge in [-0.25, -0.2) is 4.57 Å². The lowest BCUT2D eigenvalue weighted by Crippen LogP contribution is -2.64. The van der Waals surface area contributed by atoms with Gasteiger partial charge in [0.05, 0.1) is 6.61 Å². The molecule has 14 nitrogen and oxygen atoms in total. The van der Waals surface area contributed by atoms with Crippen molar-refractivity contribution in [1.82, 2.24) is 0 Å². The first-order valence-corrected chi connectivity index (χ1v) is 26.2. The van der Waals surface area contributed by atoms with Gasteiger partial charge >= 0.3 is 19.8 Å². The summed E-state index contributed by atoms with van der Waals surface area (Å²) in [5, 5.41) is 50.2. The van der Waals surface area contributed by atoms with Gasteiger partial charge in [0, 0.05) is 19.3 Å². The van der Waals surface area contributed by atoms with Crippen LogP contribution in [0.1, 0.15) is 174 Å². The second-order valence-corrected chi connectivity index (χ2v) is 18.4. The van der Waals surface area contributed by atoms with Gasteiger partial charge in [0.1, 0.15) is 43.2 Å². The van der Waals surface area contributed by atoms with Gasteiger partial charge in [0.2, 0.25) is 0 Å². The van der Waals surface area contributed by atoms with Crippen LogP contribution in [-0.2, 0) is 37.5 Å². The molecule has 0 saturated heterocycles. The highest BCUT2D eigenvalue weighted by Gasteiger charge is 2.51. The topological polar surface area (TPSA) is 227 Å². The van der Waals surface area contributed by atoms with Crippen molar-refractivity contribution in [3.8, 4) is 0 Å². The Morgan fingerprint density at radius 2 is 0.970 bits per heavy atom. The standard InChI is InChI=1S/C51H85O14P/c1-3-5-7-8-9-10-11-12-13-14-15-16-17-18-21-24-27-30-34-38-44(53)62-40-43(41-63-66(60,61)65-51-49(58)47(56)46(55)48(57)50(51)59)64-45(54)39-35-31-28-25-22-19-20-23-26-29-33-37-42(52)36-32-6-4-2/h9-10,12-13,19-20,25-26,28-29,33,37,43,46-51,55-59H,3-8,11,14-18,21-24,27,30-32,34-36,38-41H2,1-2H3,(H,60,61)/b10-9-,13-12-,20-19-,28-25-,29-26-,37-33+/t43-,46?,47-,48+,49-,50-,51?/m1/s1. The van der Waals surface area contributed by atoms with Crippen LogP contribution in [0.2, 0.25) is 0 Å². The van der Waals surface area contributed by atoms with E-state index < -0.39 is 75.7 Å². The molecule has 0 aromatic heterocycles. The number of aliphatic hydroxyl groups is 5. The largest absolute Gasteiger partial charge is 0.472 e. The smallest absolute Gasteiger partial charge is 0.462 e. The van der Waals surface area contributed by atoms with Crippen LogP contribution in [0.25, 0.3) is 0 Å². The van der Waals surface area contributed by atoms with Crippen LogP contribution in [0.3, 0.4) is 0 Å². The fourth-order valence-corrected chi connectivity index (χ4v) is 7.94. The molecule has 1 aliphatic rings. The maximum absolute atomic E-state index is 12.8. The Morgan fingerprint density at radius 3 is 1.56 bits per heavy atom. The molecule has 3 unspecified atom stereocenters.